The van der Waals surface area contributed by atoms with Gasteiger partial charge in [-0.3, -0.25) is 13.9 Å². The number of nitrogens with zero attached hydrogens (tertiary/aromatic N) is 2. The van der Waals surface area contributed by atoms with Crippen molar-refractivity contribution in [2.75, 3.05) is 23.7 Å². The minimum absolute atomic E-state index is 0.0714. The van der Waals surface area contributed by atoms with Crippen LogP contribution in [0.1, 0.15) is 43.4 Å². The Balaban J connectivity index is 2.21. The molecule has 0 radical (unpaired) electrons. The first-order valence-electron chi connectivity index (χ1n) is 11.4. The highest BCUT2D eigenvalue weighted by atomic mass is 35.5. The average molecular weight is 543 g/mol. The number of nitrogens with one attached hydrogen (secondary N) is 1. The summed E-state index contributed by atoms with van der Waals surface area (Å²) in [5, 5.41) is 3.51. The number of benzene rings is 2. The summed E-state index contributed by atoms with van der Waals surface area (Å²) >= 11 is 12.1. The van der Waals surface area contributed by atoms with Gasteiger partial charge in [-0.15, -0.1) is 0 Å². The number of aryl methyl sites for hydroxylation is 1. The zero-order valence-corrected chi connectivity index (χ0v) is 23.1. The lowest BCUT2D eigenvalue weighted by Crippen LogP contribution is -2.47. The van der Waals surface area contributed by atoms with E-state index < -0.39 is 16.1 Å². The van der Waals surface area contributed by atoms with Gasteiger partial charge in [0.25, 0.3) is 0 Å². The number of hydrogen-bond acceptors (Lipinski definition) is 4. The number of rotatable bonds is 11. The maximum atomic E-state index is 13.3. The summed E-state index contributed by atoms with van der Waals surface area (Å²) in [6.45, 7) is 8.03. The molecule has 2 amide bonds. The summed E-state index contributed by atoms with van der Waals surface area (Å²) in [7, 11) is -3.55. The first-order valence-corrected chi connectivity index (χ1v) is 14.0. The molecule has 0 fully saturated rings. The first kappa shape index (κ1) is 28.9. The van der Waals surface area contributed by atoms with Crippen molar-refractivity contribution in [1.82, 2.24) is 10.2 Å². The van der Waals surface area contributed by atoms with Crippen molar-refractivity contribution >= 4 is 50.7 Å². The number of carbonyl (C=O) groups is 2. The molecule has 0 saturated heterocycles. The van der Waals surface area contributed by atoms with E-state index in [2.05, 4.69) is 5.32 Å². The van der Waals surface area contributed by atoms with Gasteiger partial charge in [-0.05, 0) is 69.0 Å². The number of hydrogen-bond donors (Lipinski definition) is 1. The molecule has 0 saturated carbocycles. The molecule has 2 aromatic rings. The molecule has 0 bridgehead atoms. The number of anilines is 1. The first-order chi connectivity index (χ1) is 16.4. The maximum Gasteiger partial charge on any atom is 0.242 e. The fraction of sp³-hybridized carbons (Fsp3) is 0.440. The van der Waals surface area contributed by atoms with E-state index in [-0.39, 0.29) is 31.3 Å². The minimum Gasteiger partial charge on any atom is -0.355 e. The number of likely N-dealkylation sites (N-methyl/N-ethyl adjacent to an activating group) is 1. The van der Waals surface area contributed by atoms with Gasteiger partial charge in [0.1, 0.15) is 6.04 Å². The zero-order valence-electron chi connectivity index (χ0n) is 20.8. The third kappa shape index (κ3) is 7.85. The van der Waals surface area contributed by atoms with E-state index >= 15 is 0 Å². The van der Waals surface area contributed by atoms with Gasteiger partial charge in [0.15, 0.2) is 0 Å². The fourth-order valence-corrected chi connectivity index (χ4v) is 5.06. The quantitative estimate of drug-likeness (QED) is 0.446. The second-order valence-corrected chi connectivity index (χ2v) is 11.2. The lowest BCUT2D eigenvalue weighted by atomic mass is 10.1. The van der Waals surface area contributed by atoms with Crippen molar-refractivity contribution < 1.29 is 18.0 Å². The van der Waals surface area contributed by atoms with Crippen LogP contribution < -0.4 is 9.62 Å². The van der Waals surface area contributed by atoms with Gasteiger partial charge in [0.2, 0.25) is 21.8 Å². The molecule has 2 rings (SSSR count). The Labute approximate surface area is 218 Å². The molecule has 0 spiro atoms. The molecule has 0 aliphatic carbocycles. The molecule has 0 aromatic heterocycles. The molecule has 192 valence electrons. The van der Waals surface area contributed by atoms with Gasteiger partial charge in [0.05, 0.1) is 22.0 Å². The summed E-state index contributed by atoms with van der Waals surface area (Å²) in [5.41, 5.74) is 3.19. The molecule has 1 N–H and O–H groups in total. The predicted molar refractivity (Wildman–Crippen MR) is 142 cm³/mol. The van der Waals surface area contributed by atoms with Crippen LogP contribution in [0.15, 0.2) is 36.4 Å². The molecule has 0 heterocycles. The van der Waals surface area contributed by atoms with E-state index in [4.69, 9.17) is 23.2 Å². The topological polar surface area (TPSA) is 86.8 Å². The summed E-state index contributed by atoms with van der Waals surface area (Å²) in [5.74, 6) is -0.529. The molecule has 7 nitrogen and oxygen atoms in total. The number of amides is 2. The van der Waals surface area contributed by atoms with E-state index in [1.165, 1.54) is 9.21 Å². The smallest absolute Gasteiger partial charge is 0.242 e. The second kappa shape index (κ2) is 12.6. The van der Waals surface area contributed by atoms with E-state index in [0.29, 0.717) is 28.7 Å². The van der Waals surface area contributed by atoms with Crippen LogP contribution in [0.3, 0.4) is 0 Å². The Hall–Kier alpha value is -2.29. The van der Waals surface area contributed by atoms with Crippen LogP contribution in [0.25, 0.3) is 0 Å². The maximum absolute atomic E-state index is 13.3. The van der Waals surface area contributed by atoms with Crippen molar-refractivity contribution in [3.05, 3.63) is 63.1 Å². The van der Waals surface area contributed by atoms with Crippen molar-refractivity contribution in [2.24, 2.45) is 0 Å². The standard InChI is InChI=1S/C25H33Cl2N3O4S/c1-6-28-25(32)19(4)29(16-20-12-13-21(26)22(27)15-20)24(31)11-8-14-30(35(5,33)34)23-10-7-9-17(2)18(23)3/h7,9-10,12-13,15,19H,6,8,11,14,16H2,1-5H3,(H,28,32)/t19-/m1/s1. The molecule has 10 heteroatoms. The lowest BCUT2D eigenvalue weighted by molar-refractivity contribution is -0.140. The van der Waals surface area contributed by atoms with E-state index in [1.54, 1.807) is 31.2 Å². The van der Waals surface area contributed by atoms with E-state index in [9.17, 15) is 18.0 Å². The van der Waals surface area contributed by atoms with Crippen molar-refractivity contribution in [2.45, 2.75) is 53.1 Å². The molecule has 1 atom stereocenters. The third-order valence-electron chi connectivity index (χ3n) is 5.85. The van der Waals surface area contributed by atoms with Gasteiger partial charge >= 0.3 is 0 Å². The Morgan fingerprint density at radius 3 is 2.37 bits per heavy atom. The second-order valence-electron chi connectivity index (χ2n) is 8.50. The molecular formula is C25H33Cl2N3O4S. The normalized spacial score (nSPS) is 12.2. The average Bonchev–Trinajstić information content (AvgIpc) is 2.78. The van der Waals surface area contributed by atoms with Crippen LogP contribution >= 0.6 is 23.2 Å². The number of halogens is 2. The Morgan fingerprint density at radius 2 is 1.77 bits per heavy atom. The zero-order chi connectivity index (χ0) is 26.3. The van der Waals surface area contributed by atoms with Gasteiger partial charge < -0.3 is 10.2 Å². The van der Waals surface area contributed by atoms with Crippen molar-refractivity contribution in [1.29, 1.82) is 0 Å². The molecule has 35 heavy (non-hydrogen) atoms. The highest BCUT2D eigenvalue weighted by molar-refractivity contribution is 7.92. The molecule has 0 aliphatic rings. The van der Waals surface area contributed by atoms with Crippen LogP contribution in [0.5, 0.6) is 0 Å². The van der Waals surface area contributed by atoms with E-state index in [1.807, 2.05) is 32.9 Å². The van der Waals surface area contributed by atoms with Gasteiger partial charge in [-0.25, -0.2) is 8.42 Å². The van der Waals surface area contributed by atoms with Crippen LogP contribution in [0.2, 0.25) is 10.0 Å². The summed E-state index contributed by atoms with van der Waals surface area (Å²) in [6, 6.07) is 9.85. The molecule has 0 aliphatic heterocycles. The van der Waals surface area contributed by atoms with E-state index in [0.717, 1.165) is 22.9 Å². The summed E-state index contributed by atoms with van der Waals surface area (Å²) < 4.78 is 26.4. The Morgan fingerprint density at radius 1 is 1.09 bits per heavy atom. The highest BCUT2D eigenvalue weighted by Crippen LogP contribution is 2.26. The van der Waals surface area contributed by atoms with Crippen LogP contribution in [0, 0.1) is 13.8 Å². The van der Waals surface area contributed by atoms with Gasteiger partial charge in [-0.1, -0.05) is 41.4 Å². The molecule has 0 unspecified atom stereocenters. The minimum atomic E-state index is -3.55. The third-order valence-corrected chi connectivity index (χ3v) is 7.77. The van der Waals surface area contributed by atoms with Gasteiger partial charge in [-0.2, -0.15) is 0 Å². The van der Waals surface area contributed by atoms with Crippen molar-refractivity contribution in [3.63, 3.8) is 0 Å². The molecular weight excluding hydrogens is 509 g/mol. The predicted octanol–water partition coefficient (Wildman–Crippen LogP) is 4.71. The largest absolute Gasteiger partial charge is 0.355 e. The summed E-state index contributed by atoms with van der Waals surface area (Å²) in [4.78, 5) is 27.3. The highest BCUT2D eigenvalue weighted by Gasteiger charge is 2.27. The van der Waals surface area contributed by atoms with Crippen LogP contribution in [0.4, 0.5) is 5.69 Å². The van der Waals surface area contributed by atoms with Gasteiger partial charge in [0, 0.05) is 26.1 Å². The summed E-state index contributed by atoms with van der Waals surface area (Å²) in [6.07, 6.45) is 1.52. The Bertz CT molecular complexity index is 1170. The Kier molecular flexibility index (Phi) is 10.4. The SMILES string of the molecule is CCNC(=O)[C@@H](C)N(Cc1ccc(Cl)c(Cl)c1)C(=O)CCCN(c1cccc(C)c1C)S(C)(=O)=O. The lowest BCUT2D eigenvalue weighted by Gasteiger charge is -2.29. The molecule has 2 aromatic carbocycles. The van der Waals surface area contributed by atoms with Crippen LogP contribution in [-0.2, 0) is 26.2 Å². The monoisotopic (exact) mass is 541 g/mol. The number of sulfonamides is 1. The van der Waals surface area contributed by atoms with Crippen LogP contribution in [-0.4, -0.2) is 50.5 Å². The van der Waals surface area contributed by atoms with Crippen molar-refractivity contribution in [3.8, 4) is 0 Å². The fourth-order valence-electron chi connectivity index (χ4n) is 3.73. The number of carbonyl (C=O) groups excluding carboxylic acids is 2.